The van der Waals surface area contributed by atoms with Crippen molar-refractivity contribution in [1.29, 1.82) is 5.26 Å². The molecule has 4 saturated heterocycles. The summed E-state index contributed by atoms with van der Waals surface area (Å²) in [4.78, 5) is 31.1. The zero-order chi connectivity index (χ0) is 35.3. The number of anilines is 1. The molecule has 5 heterocycles. The molecule has 0 N–H and O–H groups in total. The Morgan fingerprint density at radius 1 is 0.940 bits per heavy atom. The van der Waals surface area contributed by atoms with Gasteiger partial charge in [-0.3, -0.25) is 9.80 Å². The second-order valence-corrected chi connectivity index (χ2v) is 16.6. The average Bonchev–Trinajstić information content (AvgIpc) is 3.02. The largest absolute Gasteiger partial charge is 0.487 e. The molecule has 2 aromatic carbocycles. The van der Waals surface area contributed by atoms with Gasteiger partial charge in [0.25, 0.3) is 0 Å². The van der Waals surface area contributed by atoms with Crippen molar-refractivity contribution in [3.8, 4) is 11.8 Å². The Labute approximate surface area is 300 Å². The lowest BCUT2D eigenvalue weighted by atomic mass is 9.71. The third kappa shape index (κ3) is 7.27. The van der Waals surface area contributed by atoms with Crippen LogP contribution in [0.2, 0.25) is 5.02 Å². The molecule has 3 aromatic rings. The van der Waals surface area contributed by atoms with Crippen molar-refractivity contribution in [1.82, 2.24) is 24.7 Å². The Morgan fingerprint density at radius 3 is 2.28 bits per heavy atom. The Hall–Kier alpha value is -3.91. The number of piperidine rings is 1. The van der Waals surface area contributed by atoms with Gasteiger partial charge in [0, 0.05) is 81.1 Å². The maximum absolute atomic E-state index is 12.3. The molecule has 4 aliphatic heterocycles. The first-order chi connectivity index (χ1) is 23.8. The van der Waals surface area contributed by atoms with Gasteiger partial charge in [-0.05, 0) is 86.6 Å². The normalized spacial score (nSPS) is 20.1. The number of benzene rings is 2. The van der Waals surface area contributed by atoms with Crippen LogP contribution in [0.4, 0.5) is 10.7 Å². The van der Waals surface area contributed by atoms with E-state index in [1.165, 1.54) is 13.1 Å². The third-order valence-electron chi connectivity index (χ3n) is 11.0. The van der Waals surface area contributed by atoms with E-state index in [9.17, 15) is 10.1 Å². The number of ether oxygens (including phenoxy) is 2. The summed E-state index contributed by atoms with van der Waals surface area (Å²) in [5, 5.41) is 9.95. The lowest BCUT2D eigenvalue weighted by Crippen LogP contribution is -2.74. The number of hydrogen-bond donors (Lipinski definition) is 0. The van der Waals surface area contributed by atoms with Crippen LogP contribution in [-0.4, -0.2) is 101 Å². The number of nitriles is 1. The van der Waals surface area contributed by atoms with Crippen LogP contribution in [0.25, 0.3) is 0 Å². The van der Waals surface area contributed by atoms with Crippen LogP contribution < -0.4 is 9.64 Å². The van der Waals surface area contributed by atoms with Gasteiger partial charge < -0.3 is 19.3 Å². The van der Waals surface area contributed by atoms with Crippen LogP contribution in [0.1, 0.15) is 69.8 Å². The van der Waals surface area contributed by atoms with Crippen molar-refractivity contribution in [2.24, 2.45) is 5.41 Å². The molecule has 264 valence electrons. The fourth-order valence-electron chi connectivity index (χ4n) is 7.67. The summed E-state index contributed by atoms with van der Waals surface area (Å²) in [6.45, 7) is 18.4. The highest BCUT2D eigenvalue weighted by Gasteiger charge is 2.51. The Balaban J connectivity index is 0.844. The third-order valence-corrected chi connectivity index (χ3v) is 11.3. The SMILES string of the molecule is CC(C)(C)OC(=O)N1CC(N2CC(N3CC4(CCN(c5nccc(COc6ccc(C(C)(C)c7cc(Cl)cc(C#N)c7)cc6)n5)CC4)C3)C2)C1. The number of hydrogen-bond acceptors (Lipinski definition) is 9. The second-order valence-electron chi connectivity index (χ2n) is 16.2. The predicted octanol–water partition coefficient (Wildman–Crippen LogP) is 6.11. The van der Waals surface area contributed by atoms with Crippen LogP contribution in [0.15, 0.2) is 54.7 Å². The molecule has 0 aliphatic carbocycles. The Morgan fingerprint density at radius 2 is 1.62 bits per heavy atom. The van der Waals surface area contributed by atoms with E-state index in [0.717, 1.165) is 80.6 Å². The highest BCUT2D eigenvalue weighted by molar-refractivity contribution is 6.30. The van der Waals surface area contributed by atoms with Gasteiger partial charge in [-0.1, -0.05) is 37.6 Å². The number of aromatic nitrogens is 2. The summed E-state index contributed by atoms with van der Waals surface area (Å²) >= 11 is 6.29. The lowest BCUT2D eigenvalue weighted by molar-refractivity contribution is -0.114. The minimum Gasteiger partial charge on any atom is -0.487 e. The molecule has 1 amide bonds. The van der Waals surface area contributed by atoms with Gasteiger partial charge in [0.15, 0.2) is 0 Å². The molecule has 1 aromatic heterocycles. The van der Waals surface area contributed by atoms with Crippen molar-refractivity contribution >= 4 is 23.6 Å². The van der Waals surface area contributed by atoms with Gasteiger partial charge in [-0.25, -0.2) is 14.8 Å². The summed E-state index contributed by atoms with van der Waals surface area (Å²) in [6, 6.07) is 18.8. The fourth-order valence-corrected chi connectivity index (χ4v) is 7.91. The van der Waals surface area contributed by atoms with Crippen LogP contribution in [-0.2, 0) is 16.8 Å². The quantitative estimate of drug-likeness (QED) is 0.276. The van der Waals surface area contributed by atoms with E-state index in [4.69, 9.17) is 26.1 Å². The Bertz CT molecular complexity index is 1740. The molecule has 50 heavy (non-hydrogen) atoms. The first kappa shape index (κ1) is 34.5. The van der Waals surface area contributed by atoms with Gasteiger partial charge in [0.05, 0.1) is 17.3 Å². The number of nitrogens with zero attached hydrogens (tertiary/aromatic N) is 7. The number of carbonyl (C=O) groups is 1. The molecule has 10 nitrogen and oxygen atoms in total. The highest BCUT2D eigenvalue weighted by Crippen LogP contribution is 2.43. The van der Waals surface area contributed by atoms with E-state index in [1.54, 1.807) is 6.07 Å². The van der Waals surface area contributed by atoms with E-state index < -0.39 is 5.60 Å². The van der Waals surface area contributed by atoms with E-state index in [0.29, 0.717) is 34.7 Å². The zero-order valence-electron chi connectivity index (χ0n) is 29.9. The maximum Gasteiger partial charge on any atom is 0.410 e. The summed E-state index contributed by atoms with van der Waals surface area (Å²) in [6.07, 6.45) is 3.96. The average molecular weight is 698 g/mol. The topological polar surface area (TPSA) is 98.1 Å². The molecule has 0 atom stereocenters. The predicted molar refractivity (Wildman–Crippen MR) is 194 cm³/mol. The Kier molecular flexibility index (Phi) is 9.21. The minimum absolute atomic E-state index is 0.192. The van der Waals surface area contributed by atoms with Gasteiger partial charge >= 0.3 is 6.09 Å². The van der Waals surface area contributed by atoms with E-state index >= 15 is 0 Å². The second kappa shape index (κ2) is 13.3. The van der Waals surface area contributed by atoms with Crippen molar-refractivity contribution in [2.45, 2.75) is 77.2 Å². The van der Waals surface area contributed by atoms with Crippen molar-refractivity contribution in [3.63, 3.8) is 0 Å². The van der Waals surface area contributed by atoms with Gasteiger partial charge in [0.2, 0.25) is 5.95 Å². The smallest absolute Gasteiger partial charge is 0.410 e. The van der Waals surface area contributed by atoms with Gasteiger partial charge in [-0.15, -0.1) is 0 Å². The van der Waals surface area contributed by atoms with Crippen molar-refractivity contribution < 1.29 is 14.3 Å². The molecule has 1 spiro atoms. The number of amides is 1. The fraction of sp³-hybridized carbons (Fsp3) is 0.538. The number of carbonyl (C=O) groups excluding carboxylic acids is 1. The van der Waals surface area contributed by atoms with Crippen molar-refractivity contribution in [2.75, 3.05) is 57.3 Å². The lowest BCUT2D eigenvalue weighted by Gasteiger charge is -2.61. The molecule has 0 bridgehead atoms. The molecule has 0 radical (unpaired) electrons. The number of halogens is 1. The number of rotatable bonds is 8. The van der Waals surface area contributed by atoms with Crippen LogP contribution >= 0.6 is 11.6 Å². The molecule has 7 rings (SSSR count). The summed E-state index contributed by atoms with van der Waals surface area (Å²) in [5.41, 5.74) is 3.14. The molecular formula is C39H48ClN7O3. The molecule has 11 heteroatoms. The summed E-state index contributed by atoms with van der Waals surface area (Å²) in [7, 11) is 0. The summed E-state index contributed by atoms with van der Waals surface area (Å²) in [5.74, 6) is 1.55. The van der Waals surface area contributed by atoms with E-state index in [-0.39, 0.29) is 11.5 Å². The molecule has 4 aliphatic rings. The van der Waals surface area contributed by atoms with Crippen LogP contribution in [0.3, 0.4) is 0 Å². The van der Waals surface area contributed by atoms with Crippen LogP contribution in [0, 0.1) is 16.7 Å². The molecular weight excluding hydrogens is 650 g/mol. The maximum atomic E-state index is 12.3. The van der Waals surface area contributed by atoms with Gasteiger partial charge in [0.1, 0.15) is 18.0 Å². The summed E-state index contributed by atoms with van der Waals surface area (Å²) < 4.78 is 11.6. The zero-order valence-corrected chi connectivity index (χ0v) is 30.6. The van der Waals surface area contributed by atoms with E-state index in [1.807, 2.05) is 62.2 Å². The van der Waals surface area contributed by atoms with Crippen molar-refractivity contribution in [3.05, 3.63) is 82.1 Å². The van der Waals surface area contributed by atoms with E-state index in [2.05, 4.69) is 51.7 Å². The highest BCUT2D eigenvalue weighted by atomic mass is 35.5. The first-order valence-electron chi connectivity index (χ1n) is 17.8. The van der Waals surface area contributed by atoms with Crippen LogP contribution in [0.5, 0.6) is 5.75 Å². The van der Waals surface area contributed by atoms with Gasteiger partial charge in [-0.2, -0.15) is 5.26 Å². The first-order valence-corrected chi connectivity index (χ1v) is 18.1. The molecule has 0 unspecified atom stereocenters. The molecule has 4 fully saturated rings. The molecule has 0 saturated carbocycles. The standard InChI is InChI=1S/C39H48ClN7O3/c1-37(2,3)50-36(48)46-22-32(23-46)45-20-33(21-45)47-25-39(26-47)11-14-44(15-12-39)35-42-13-10-31(43-35)24-49-34-8-6-28(7-9-34)38(4,5)29-16-27(19-41)17-30(40)18-29/h6-10,13,16-18,32-33H,11-12,14-15,20-26H2,1-5H3. The number of likely N-dealkylation sites (tertiary alicyclic amines) is 3. The monoisotopic (exact) mass is 697 g/mol. The minimum atomic E-state index is -0.445.